The van der Waals surface area contributed by atoms with Crippen molar-refractivity contribution in [1.82, 2.24) is 13.7 Å². The smallest absolute Gasteiger partial charge is 0.336 e. The lowest BCUT2D eigenvalue weighted by molar-refractivity contribution is 0.415. The lowest BCUT2D eigenvalue weighted by Gasteiger charge is -2.12. The van der Waals surface area contributed by atoms with Crippen molar-refractivity contribution < 1.29 is 4.74 Å². The number of rotatable bonds is 4. The molecule has 0 aliphatic carbocycles. The van der Waals surface area contributed by atoms with Crippen molar-refractivity contribution in [2.24, 2.45) is 7.05 Å². The Bertz CT molecular complexity index is 1330. The summed E-state index contributed by atoms with van der Waals surface area (Å²) in [6, 6.07) is 12.4. The van der Waals surface area contributed by atoms with Crippen LogP contribution in [0.2, 0.25) is 5.02 Å². The van der Waals surface area contributed by atoms with Crippen molar-refractivity contribution in [3.8, 4) is 11.4 Å². The normalized spacial score (nSPS) is 11.4. The third-order valence-corrected chi connectivity index (χ3v) is 5.23. The first-order valence-electron chi connectivity index (χ1n) is 9.05. The van der Waals surface area contributed by atoms with Crippen molar-refractivity contribution in [3.63, 3.8) is 0 Å². The summed E-state index contributed by atoms with van der Waals surface area (Å²) < 4.78 is 10.0. The van der Waals surface area contributed by atoms with Crippen LogP contribution in [0.3, 0.4) is 0 Å². The average molecular weight is 398 g/mol. The van der Waals surface area contributed by atoms with E-state index in [2.05, 4.69) is 0 Å². The van der Waals surface area contributed by atoms with E-state index in [1.165, 1.54) is 4.57 Å². The fourth-order valence-corrected chi connectivity index (χ4v) is 3.92. The van der Waals surface area contributed by atoms with Crippen molar-refractivity contribution in [2.45, 2.75) is 19.9 Å². The number of hydrogen-bond acceptors (Lipinski definition) is 3. The van der Waals surface area contributed by atoms with Crippen LogP contribution in [0.1, 0.15) is 13.3 Å². The molecule has 0 N–H and O–H groups in total. The molecule has 0 aliphatic heterocycles. The van der Waals surface area contributed by atoms with Gasteiger partial charge in [-0.2, -0.15) is 0 Å². The van der Waals surface area contributed by atoms with Gasteiger partial charge in [0, 0.05) is 24.0 Å². The molecule has 2 aromatic heterocycles. The largest absolute Gasteiger partial charge is 0.497 e. The van der Waals surface area contributed by atoms with Gasteiger partial charge in [-0.1, -0.05) is 24.6 Å². The maximum atomic E-state index is 13.4. The second-order valence-electron chi connectivity index (χ2n) is 6.69. The third-order valence-electron chi connectivity index (χ3n) is 4.99. The molecule has 7 heteroatoms. The molecule has 4 aromatic rings. The van der Waals surface area contributed by atoms with Crippen LogP contribution in [0.15, 0.2) is 52.1 Å². The van der Waals surface area contributed by atoms with Gasteiger partial charge in [0.1, 0.15) is 11.3 Å². The van der Waals surface area contributed by atoms with E-state index in [1.807, 2.05) is 36.7 Å². The minimum Gasteiger partial charge on any atom is -0.497 e. The predicted octanol–water partition coefficient (Wildman–Crippen LogP) is 3.72. The number of methoxy groups -OCH3 is 1. The Morgan fingerprint density at radius 2 is 1.86 bits per heavy atom. The van der Waals surface area contributed by atoms with Crippen LogP contribution < -0.4 is 16.0 Å². The molecule has 0 saturated carbocycles. The number of nitrogens with zero attached hydrogens (tertiary/aromatic N) is 3. The summed E-state index contributed by atoms with van der Waals surface area (Å²) in [6.45, 7) is 2.49. The zero-order chi connectivity index (χ0) is 20.0. The molecule has 0 spiro atoms. The molecule has 28 heavy (non-hydrogen) atoms. The molecule has 0 fully saturated rings. The number of aryl methyl sites for hydroxylation is 2. The van der Waals surface area contributed by atoms with Crippen LogP contribution in [-0.2, 0) is 13.6 Å². The molecule has 2 heterocycles. The number of benzene rings is 2. The summed E-state index contributed by atoms with van der Waals surface area (Å²) >= 11 is 6.10. The Morgan fingerprint density at radius 3 is 2.54 bits per heavy atom. The molecule has 0 bridgehead atoms. The van der Waals surface area contributed by atoms with Gasteiger partial charge >= 0.3 is 5.69 Å². The van der Waals surface area contributed by atoms with Crippen LogP contribution >= 0.6 is 11.6 Å². The number of hydrogen-bond donors (Lipinski definition) is 0. The maximum Gasteiger partial charge on any atom is 0.336 e. The summed E-state index contributed by atoms with van der Waals surface area (Å²) in [6.07, 6.45) is 0.753. The molecule has 0 atom stereocenters. The minimum atomic E-state index is -0.378. The van der Waals surface area contributed by atoms with E-state index in [1.54, 1.807) is 35.9 Å². The lowest BCUT2D eigenvalue weighted by Crippen LogP contribution is -2.39. The van der Waals surface area contributed by atoms with E-state index in [4.69, 9.17) is 16.3 Å². The van der Waals surface area contributed by atoms with Crippen LogP contribution in [0.5, 0.6) is 5.75 Å². The standard InChI is InChI=1S/C21H20ClN3O3/c1-4-10-24-18-16-12-15(28-3)8-9-17(16)23(2)19(18)20(26)25(21(24)27)14-7-5-6-13(22)11-14/h5-9,11-12H,4,10H2,1-3H3. The second kappa shape index (κ2) is 6.87. The summed E-state index contributed by atoms with van der Waals surface area (Å²) in [4.78, 5) is 26.8. The lowest BCUT2D eigenvalue weighted by atomic mass is 10.2. The highest BCUT2D eigenvalue weighted by Gasteiger charge is 2.21. The van der Waals surface area contributed by atoms with Gasteiger partial charge in [-0.25, -0.2) is 9.36 Å². The van der Waals surface area contributed by atoms with Gasteiger partial charge in [-0.15, -0.1) is 0 Å². The molecule has 2 aromatic carbocycles. The number of aromatic nitrogens is 3. The van der Waals surface area contributed by atoms with E-state index in [0.29, 0.717) is 34.0 Å². The first-order valence-corrected chi connectivity index (χ1v) is 9.43. The summed E-state index contributed by atoms with van der Waals surface area (Å²) in [5.41, 5.74) is 1.67. The molecule has 0 radical (unpaired) electrons. The van der Waals surface area contributed by atoms with Gasteiger partial charge in [-0.05, 0) is 42.8 Å². The van der Waals surface area contributed by atoms with Crippen LogP contribution in [-0.4, -0.2) is 20.8 Å². The number of fused-ring (bicyclic) bond motifs is 3. The molecule has 4 rings (SSSR count). The van der Waals surface area contributed by atoms with Gasteiger partial charge in [0.05, 0.1) is 23.8 Å². The molecule has 0 saturated heterocycles. The molecular formula is C21H20ClN3O3. The van der Waals surface area contributed by atoms with Gasteiger partial charge in [-0.3, -0.25) is 9.36 Å². The van der Waals surface area contributed by atoms with E-state index in [0.717, 1.165) is 17.3 Å². The Morgan fingerprint density at radius 1 is 1.07 bits per heavy atom. The van der Waals surface area contributed by atoms with Gasteiger partial charge in [0.25, 0.3) is 5.56 Å². The first kappa shape index (κ1) is 18.4. The Hall–Kier alpha value is -2.99. The molecule has 6 nitrogen and oxygen atoms in total. The fraction of sp³-hybridized carbons (Fsp3) is 0.238. The highest BCUT2D eigenvalue weighted by molar-refractivity contribution is 6.30. The monoisotopic (exact) mass is 397 g/mol. The van der Waals surface area contributed by atoms with Gasteiger partial charge in [0.2, 0.25) is 0 Å². The van der Waals surface area contributed by atoms with E-state index in [-0.39, 0.29) is 11.2 Å². The summed E-state index contributed by atoms with van der Waals surface area (Å²) in [7, 11) is 3.43. The summed E-state index contributed by atoms with van der Waals surface area (Å²) in [5.74, 6) is 0.675. The van der Waals surface area contributed by atoms with E-state index >= 15 is 0 Å². The fourth-order valence-electron chi connectivity index (χ4n) is 3.73. The Kier molecular flexibility index (Phi) is 4.51. The molecule has 0 aliphatic rings. The number of ether oxygens (including phenoxy) is 1. The zero-order valence-corrected chi connectivity index (χ0v) is 16.7. The van der Waals surface area contributed by atoms with E-state index in [9.17, 15) is 9.59 Å². The average Bonchev–Trinajstić information content (AvgIpc) is 2.97. The summed E-state index contributed by atoms with van der Waals surface area (Å²) in [5, 5.41) is 1.28. The minimum absolute atomic E-state index is 0.368. The van der Waals surface area contributed by atoms with Crippen molar-refractivity contribution >= 4 is 33.5 Å². The second-order valence-corrected chi connectivity index (χ2v) is 7.13. The molecule has 0 unspecified atom stereocenters. The predicted molar refractivity (Wildman–Crippen MR) is 112 cm³/mol. The van der Waals surface area contributed by atoms with Crippen LogP contribution in [0, 0.1) is 0 Å². The third kappa shape index (κ3) is 2.64. The van der Waals surface area contributed by atoms with Gasteiger partial charge in [0.15, 0.2) is 0 Å². The first-order chi connectivity index (χ1) is 13.5. The molecule has 0 amide bonds. The van der Waals surface area contributed by atoms with E-state index < -0.39 is 0 Å². The Balaban J connectivity index is 2.24. The van der Waals surface area contributed by atoms with Crippen molar-refractivity contribution in [2.75, 3.05) is 7.11 Å². The highest BCUT2D eigenvalue weighted by atomic mass is 35.5. The quantitative estimate of drug-likeness (QED) is 0.527. The van der Waals surface area contributed by atoms with Crippen LogP contribution in [0.4, 0.5) is 0 Å². The van der Waals surface area contributed by atoms with Crippen molar-refractivity contribution in [3.05, 3.63) is 68.3 Å². The topological polar surface area (TPSA) is 58.2 Å². The maximum absolute atomic E-state index is 13.4. The van der Waals surface area contributed by atoms with Gasteiger partial charge < -0.3 is 9.30 Å². The van der Waals surface area contributed by atoms with Crippen LogP contribution in [0.25, 0.3) is 27.6 Å². The zero-order valence-electron chi connectivity index (χ0n) is 15.9. The SMILES string of the molecule is CCCn1c(=O)n(-c2cccc(Cl)c2)c(=O)c2c1c1cc(OC)ccc1n2C. The Labute approximate surface area is 166 Å². The number of halogens is 1. The molecule has 144 valence electrons. The molecular weight excluding hydrogens is 378 g/mol. The van der Waals surface area contributed by atoms with Crippen molar-refractivity contribution in [1.29, 1.82) is 0 Å². The highest BCUT2D eigenvalue weighted by Crippen LogP contribution is 2.29.